The molecule has 0 aliphatic carbocycles. The minimum Gasteiger partial charge on any atom is -0.324 e. The van der Waals surface area contributed by atoms with E-state index in [0.717, 1.165) is 22.8 Å². The first-order valence-corrected chi connectivity index (χ1v) is 7.36. The van der Waals surface area contributed by atoms with E-state index in [1.807, 2.05) is 37.3 Å². The lowest BCUT2D eigenvalue weighted by Gasteiger charge is -2.12. The Bertz CT molecular complexity index is 395. The molecule has 1 aromatic rings. The Morgan fingerprint density at radius 2 is 2.29 bits per heavy atom. The third-order valence-corrected chi connectivity index (χ3v) is 4.28. The van der Waals surface area contributed by atoms with E-state index in [0.29, 0.717) is 0 Å². The Morgan fingerprint density at radius 1 is 1.59 bits per heavy atom. The standard InChI is InChI=1S/C13H16BrNOS/c1-3-9-17-12-8-6-5-7-11(12)15-13(16)10(14)4-2/h3,5-8,10H,1,4,9H2,2H3,(H,15,16). The van der Waals surface area contributed by atoms with Crippen molar-refractivity contribution in [1.82, 2.24) is 0 Å². The van der Waals surface area contributed by atoms with Gasteiger partial charge in [0.15, 0.2) is 0 Å². The highest BCUT2D eigenvalue weighted by molar-refractivity contribution is 9.10. The Morgan fingerprint density at radius 3 is 2.94 bits per heavy atom. The summed E-state index contributed by atoms with van der Waals surface area (Å²) in [5, 5.41) is 2.93. The van der Waals surface area contributed by atoms with Crippen molar-refractivity contribution in [3.05, 3.63) is 36.9 Å². The van der Waals surface area contributed by atoms with Crippen molar-refractivity contribution in [2.75, 3.05) is 11.1 Å². The molecule has 1 atom stereocenters. The van der Waals surface area contributed by atoms with Crippen LogP contribution in [0.2, 0.25) is 0 Å². The van der Waals surface area contributed by atoms with Gasteiger partial charge in [-0.2, -0.15) is 0 Å². The minimum atomic E-state index is -0.139. The average molecular weight is 314 g/mol. The molecule has 1 aromatic carbocycles. The SMILES string of the molecule is C=CCSc1ccccc1NC(=O)C(Br)CC. The summed E-state index contributed by atoms with van der Waals surface area (Å²) in [5.41, 5.74) is 0.863. The molecule has 0 saturated carbocycles. The quantitative estimate of drug-likeness (QED) is 0.487. The predicted molar refractivity (Wildman–Crippen MR) is 79.0 cm³/mol. The molecule has 0 aliphatic heterocycles. The first-order chi connectivity index (χ1) is 8.19. The maximum atomic E-state index is 11.8. The zero-order chi connectivity index (χ0) is 12.7. The number of carbonyl (C=O) groups is 1. The number of para-hydroxylation sites is 1. The molecule has 1 unspecified atom stereocenters. The summed E-state index contributed by atoms with van der Waals surface area (Å²) in [6.45, 7) is 5.66. The van der Waals surface area contributed by atoms with E-state index < -0.39 is 0 Å². The van der Waals surface area contributed by atoms with Gasteiger partial charge in [-0.1, -0.05) is 41.1 Å². The molecule has 0 aromatic heterocycles. The largest absolute Gasteiger partial charge is 0.324 e. The highest BCUT2D eigenvalue weighted by Crippen LogP contribution is 2.27. The summed E-state index contributed by atoms with van der Waals surface area (Å²) < 4.78 is 0. The van der Waals surface area contributed by atoms with E-state index in [1.54, 1.807) is 11.8 Å². The molecule has 0 spiro atoms. The van der Waals surface area contributed by atoms with E-state index in [4.69, 9.17) is 0 Å². The molecule has 92 valence electrons. The zero-order valence-electron chi connectivity index (χ0n) is 9.78. The Labute approximate surface area is 115 Å². The number of anilines is 1. The van der Waals surface area contributed by atoms with Gasteiger partial charge in [0.2, 0.25) is 5.91 Å². The van der Waals surface area contributed by atoms with E-state index in [1.165, 1.54) is 0 Å². The maximum Gasteiger partial charge on any atom is 0.238 e. The lowest BCUT2D eigenvalue weighted by molar-refractivity contribution is -0.115. The van der Waals surface area contributed by atoms with Crippen molar-refractivity contribution in [3.8, 4) is 0 Å². The lowest BCUT2D eigenvalue weighted by Crippen LogP contribution is -2.22. The monoisotopic (exact) mass is 313 g/mol. The second kappa shape index (κ2) is 7.56. The van der Waals surface area contributed by atoms with Crippen LogP contribution in [0.5, 0.6) is 0 Å². The molecule has 1 amide bonds. The van der Waals surface area contributed by atoms with E-state index >= 15 is 0 Å². The number of benzene rings is 1. The van der Waals surface area contributed by atoms with Crippen LogP contribution in [0.15, 0.2) is 41.8 Å². The molecule has 2 nitrogen and oxygen atoms in total. The third-order valence-electron chi connectivity index (χ3n) is 2.14. The first-order valence-electron chi connectivity index (χ1n) is 5.46. The minimum absolute atomic E-state index is 0.000784. The van der Waals surface area contributed by atoms with Crippen LogP contribution in [-0.2, 0) is 4.79 Å². The number of amides is 1. The van der Waals surface area contributed by atoms with Crippen molar-refractivity contribution < 1.29 is 4.79 Å². The number of nitrogens with one attached hydrogen (secondary N) is 1. The smallest absolute Gasteiger partial charge is 0.238 e. The van der Waals surface area contributed by atoms with Crippen LogP contribution in [0.1, 0.15) is 13.3 Å². The van der Waals surface area contributed by atoms with Crippen LogP contribution in [0.25, 0.3) is 0 Å². The summed E-state index contributed by atoms with van der Waals surface area (Å²) in [7, 11) is 0. The van der Waals surface area contributed by atoms with Crippen molar-refractivity contribution in [1.29, 1.82) is 0 Å². The number of carbonyl (C=O) groups excluding carboxylic acids is 1. The molecule has 1 rings (SSSR count). The first kappa shape index (κ1) is 14.3. The summed E-state index contributed by atoms with van der Waals surface area (Å²) in [6.07, 6.45) is 2.62. The van der Waals surface area contributed by atoms with Crippen LogP contribution >= 0.6 is 27.7 Å². The Balaban J connectivity index is 2.75. The van der Waals surface area contributed by atoms with Gasteiger partial charge in [0, 0.05) is 10.6 Å². The number of alkyl halides is 1. The number of thioether (sulfide) groups is 1. The topological polar surface area (TPSA) is 29.1 Å². The fourth-order valence-electron chi connectivity index (χ4n) is 1.24. The van der Waals surface area contributed by atoms with E-state index in [2.05, 4.69) is 27.8 Å². The van der Waals surface area contributed by atoms with Crippen LogP contribution in [0, 0.1) is 0 Å². The Hall–Kier alpha value is -0.740. The molecule has 0 fully saturated rings. The molecular weight excluding hydrogens is 298 g/mol. The van der Waals surface area contributed by atoms with Gasteiger partial charge in [-0.05, 0) is 18.6 Å². The van der Waals surface area contributed by atoms with Gasteiger partial charge in [-0.3, -0.25) is 4.79 Å². The van der Waals surface area contributed by atoms with Crippen LogP contribution in [0.3, 0.4) is 0 Å². The molecule has 1 N–H and O–H groups in total. The van der Waals surface area contributed by atoms with Gasteiger partial charge in [-0.15, -0.1) is 18.3 Å². The van der Waals surface area contributed by atoms with Crippen LogP contribution < -0.4 is 5.32 Å². The Kier molecular flexibility index (Phi) is 6.37. The zero-order valence-corrected chi connectivity index (χ0v) is 12.2. The third kappa shape index (κ3) is 4.56. The average Bonchev–Trinajstić information content (AvgIpc) is 2.36. The van der Waals surface area contributed by atoms with Crippen LogP contribution in [-0.4, -0.2) is 16.5 Å². The molecule has 0 radical (unpaired) electrons. The fraction of sp³-hybridized carbons (Fsp3) is 0.308. The van der Waals surface area contributed by atoms with E-state index in [9.17, 15) is 4.79 Å². The summed E-state index contributed by atoms with van der Waals surface area (Å²) in [5.74, 6) is 0.831. The molecular formula is C13H16BrNOS. The number of halogens is 1. The second-order valence-corrected chi connectivity index (χ2v) is 5.63. The normalized spacial score (nSPS) is 11.9. The van der Waals surface area contributed by atoms with Crippen LogP contribution in [0.4, 0.5) is 5.69 Å². The number of hydrogen-bond acceptors (Lipinski definition) is 2. The summed E-state index contributed by atoms with van der Waals surface area (Å²) in [4.78, 5) is 12.7. The summed E-state index contributed by atoms with van der Waals surface area (Å²) >= 11 is 5.00. The van der Waals surface area contributed by atoms with Crippen molar-refractivity contribution in [2.24, 2.45) is 0 Å². The molecule has 4 heteroatoms. The highest BCUT2D eigenvalue weighted by Gasteiger charge is 2.13. The van der Waals surface area contributed by atoms with E-state index in [-0.39, 0.29) is 10.7 Å². The van der Waals surface area contributed by atoms with Gasteiger partial charge >= 0.3 is 0 Å². The number of hydrogen-bond donors (Lipinski definition) is 1. The predicted octanol–water partition coefficient (Wildman–Crippen LogP) is 4.08. The highest BCUT2D eigenvalue weighted by atomic mass is 79.9. The van der Waals surface area contributed by atoms with Crippen molar-refractivity contribution in [2.45, 2.75) is 23.1 Å². The van der Waals surface area contributed by atoms with Gasteiger partial charge < -0.3 is 5.32 Å². The second-order valence-electron chi connectivity index (χ2n) is 3.46. The maximum absolute atomic E-state index is 11.8. The molecule has 0 saturated heterocycles. The van der Waals surface area contributed by atoms with Gasteiger partial charge in [0.1, 0.15) is 0 Å². The van der Waals surface area contributed by atoms with Gasteiger partial charge in [0.05, 0.1) is 10.5 Å². The molecule has 0 heterocycles. The molecule has 0 aliphatic rings. The van der Waals surface area contributed by atoms with Gasteiger partial charge in [0.25, 0.3) is 0 Å². The summed E-state index contributed by atoms with van der Waals surface area (Å²) in [6, 6.07) is 7.80. The molecule has 17 heavy (non-hydrogen) atoms. The number of rotatable bonds is 6. The van der Waals surface area contributed by atoms with Crippen molar-refractivity contribution in [3.63, 3.8) is 0 Å². The fourth-order valence-corrected chi connectivity index (χ4v) is 2.10. The molecule has 0 bridgehead atoms. The lowest BCUT2D eigenvalue weighted by atomic mass is 10.3. The van der Waals surface area contributed by atoms with Crippen molar-refractivity contribution >= 4 is 39.3 Å². The van der Waals surface area contributed by atoms with Gasteiger partial charge in [-0.25, -0.2) is 0 Å².